The van der Waals surface area contributed by atoms with Crippen LogP contribution in [0.3, 0.4) is 0 Å². The van der Waals surface area contributed by atoms with E-state index < -0.39 is 0 Å². The van der Waals surface area contributed by atoms with Crippen LogP contribution in [0.5, 0.6) is 0 Å². The molecule has 0 saturated heterocycles. The molecule has 0 radical (unpaired) electrons. The van der Waals surface area contributed by atoms with Crippen molar-refractivity contribution in [3.63, 3.8) is 0 Å². The third kappa shape index (κ3) is 5.98. The van der Waals surface area contributed by atoms with Crippen molar-refractivity contribution in [3.05, 3.63) is 46.6 Å². The highest BCUT2D eigenvalue weighted by atomic mass is 79.9. The van der Waals surface area contributed by atoms with E-state index in [9.17, 15) is 19.2 Å². The van der Waals surface area contributed by atoms with Gasteiger partial charge in [0.2, 0.25) is 17.7 Å². The zero-order valence-electron chi connectivity index (χ0n) is 20.2. The van der Waals surface area contributed by atoms with Gasteiger partial charge < -0.3 is 21.3 Å². The van der Waals surface area contributed by atoms with Gasteiger partial charge in [0, 0.05) is 45.0 Å². The third-order valence-electron chi connectivity index (χ3n) is 7.48. The molecule has 2 bridgehead atoms. The standard InChI is InChI=1S/C26H28BrN5O4S/c27-17-2-4-20(28-14-17)30-21(33)5-6-22(34)31-25-7-10-26(11-8-25,12-9-25)32-24(36)16-1-3-18-19(13-16)37-15-23(35)29-18/h1-4,13-14H,5-12,15H2,(H,29,35)(H,31,34)(H,32,36)(H,28,30,33). The molecule has 2 aromatic rings. The molecular weight excluding hydrogens is 558 g/mol. The average Bonchev–Trinajstić information content (AvgIpc) is 2.89. The van der Waals surface area contributed by atoms with Crippen LogP contribution in [0.2, 0.25) is 0 Å². The molecule has 0 spiro atoms. The Morgan fingerprint density at radius 2 is 1.62 bits per heavy atom. The van der Waals surface area contributed by atoms with E-state index in [0.717, 1.165) is 53.6 Å². The van der Waals surface area contributed by atoms with Crippen molar-refractivity contribution in [2.75, 3.05) is 16.4 Å². The number of aromatic nitrogens is 1. The van der Waals surface area contributed by atoms with Crippen LogP contribution in [0.25, 0.3) is 0 Å². The van der Waals surface area contributed by atoms with Crippen molar-refractivity contribution in [2.24, 2.45) is 0 Å². The Morgan fingerprint density at radius 3 is 2.30 bits per heavy atom. The van der Waals surface area contributed by atoms with Gasteiger partial charge in [0.25, 0.3) is 5.91 Å². The summed E-state index contributed by atoms with van der Waals surface area (Å²) in [5, 5.41) is 12.0. The lowest BCUT2D eigenvalue weighted by Gasteiger charge is -2.53. The number of hydrogen-bond donors (Lipinski definition) is 4. The Bertz CT molecular complexity index is 1230. The predicted octanol–water partition coefficient (Wildman–Crippen LogP) is 4.00. The van der Waals surface area contributed by atoms with Crippen molar-refractivity contribution < 1.29 is 19.2 Å². The smallest absolute Gasteiger partial charge is 0.251 e. The lowest BCUT2D eigenvalue weighted by Crippen LogP contribution is -2.63. The van der Waals surface area contributed by atoms with E-state index in [1.807, 2.05) is 6.07 Å². The van der Waals surface area contributed by atoms with Gasteiger partial charge in [-0.2, -0.15) is 0 Å². The van der Waals surface area contributed by atoms with E-state index in [4.69, 9.17) is 0 Å². The highest BCUT2D eigenvalue weighted by Crippen LogP contribution is 2.47. The molecule has 194 valence electrons. The first-order valence-corrected chi connectivity index (χ1v) is 14.1. The molecule has 0 unspecified atom stereocenters. The molecule has 0 atom stereocenters. The second kappa shape index (κ2) is 10.4. The van der Waals surface area contributed by atoms with E-state index in [0.29, 0.717) is 17.1 Å². The number of amides is 4. The Kier molecular flexibility index (Phi) is 7.26. The molecular formula is C26H28BrN5O4S. The fourth-order valence-corrected chi connectivity index (χ4v) is 6.41. The van der Waals surface area contributed by atoms with Crippen LogP contribution in [0.1, 0.15) is 61.7 Å². The summed E-state index contributed by atoms with van der Waals surface area (Å²) in [7, 11) is 0. The van der Waals surface area contributed by atoms with Crippen LogP contribution in [-0.2, 0) is 14.4 Å². The molecule has 9 nitrogen and oxygen atoms in total. The molecule has 1 aromatic heterocycles. The maximum atomic E-state index is 13.1. The lowest BCUT2D eigenvalue weighted by atomic mass is 9.61. The topological polar surface area (TPSA) is 129 Å². The number of pyridine rings is 1. The minimum absolute atomic E-state index is 0.0325. The van der Waals surface area contributed by atoms with Gasteiger partial charge in [-0.15, -0.1) is 11.8 Å². The number of thioether (sulfide) groups is 1. The van der Waals surface area contributed by atoms with E-state index in [1.165, 1.54) is 11.8 Å². The number of halogens is 1. The molecule has 1 aliphatic heterocycles. The van der Waals surface area contributed by atoms with E-state index >= 15 is 0 Å². The summed E-state index contributed by atoms with van der Waals surface area (Å²) in [4.78, 5) is 54.5. The number of nitrogens with one attached hydrogen (secondary N) is 4. The number of carbonyl (C=O) groups is 4. The van der Waals surface area contributed by atoms with Crippen molar-refractivity contribution in [3.8, 4) is 0 Å². The molecule has 3 aliphatic carbocycles. The van der Waals surface area contributed by atoms with Crippen LogP contribution in [0, 0.1) is 0 Å². The van der Waals surface area contributed by atoms with Crippen molar-refractivity contribution >= 4 is 62.8 Å². The summed E-state index contributed by atoms with van der Waals surface area (Å²) < 4.78 is 0.821. The monoisotopic (exact) mass is 585 g/mol. The van der Waals surface area contributed by atoms with E-state index in [-0.39, 0.29) is 47.5 Å². The number of hydrogen-bond acceptors (Lipinski definition) is 6. The Labute approximate surface area is 227 Å². The summed E-state index contributed by atoms with van der Waals surface area (Å²) in [6.07, 6.45) is 6.56. The second-order valence-electron chi connectivity index (χ2n) is 10.0. The first kappa shape index (κ1) is 25.7. The van der Waals surface area contributed by atoms with Crippen LogP contribution in [0.15, 0.2) is 45.9 Å². The van der Waals surface area contributed by atoms with Crippen molar-refractivity contribution in [1.82, 2.24) is 15.6 Å². The van der Waals surface area contributed by atoms with Gasteiger partial charge in [-0.3, -0.25) is 19.2 Å². The fraction of sp³-hybridized carbons (Fsp3) is 0.423. The van der Waals surface area contributed by atoms with Gasteiger partial charge in [-0.25, -0.2) is 4.98 Å². The van der Waals surface area contributed by atoms with Crippen molar-refractivity contribution in [2.45, 2.75) is 67.3 Å². The molecule has 3 fully saturated rings. The molecule has 3 saturated carbocycles. The normalized spacial score (nSPS) is 24.0. The summed E-state index contributed by atoms with van der Waals surface area (Å²) >= 11 is 4.74. The SMILES string of the molecule is O=C(CCC(=O)NC12CCC(NC(=O)c3ccc4c(c3)SCC(=O)N4)(CC1)CC2)Nc1ccc(Br)cn1. The van der Waals surface area contributed by atoms with Crippen LogP contribution >= 0.6 is 27.7 Å². The number of anilines is 2. The Hall–Kier alpha value is -2.92. The van der Waals surface area contributed by atoms with Crippen LogP contribution < -0.4 is 21.3 Å². The first-order valence-electron chi connectivity index (χ1n) is 12.3. The van der Waals surface area contributed by atoms with Crippen molar-refractivity contribution in [1.29, 1.82) is 0 Å². The number of rotatable bonds is 7. The van der Waals surface area contributed by atoms with Crippen LogP contribution in [0.4, 0.5) is 11.5 Å². The van der Waals surface area contributed by atoms with E-state index in [1.54, 1.807) is 30.5 Å². The highest BCUT2D eigenvalue weighted by molar-refractivity contribution is 9.10. The van der Waals surface area contributed by atoms with Gasteiger partial charge in [0.1, 0.15) is 5.82 Å². The molecule has 1 aromatic carbocycles. The number of benzene rings is 1. The van der Waals surface area contributed by atoms with E-state index in [2.05, 4.69) is 42.2 Å². The van der Waals surface area contributed by atoms with Gasteiger partial charge >= 0.3 is 0 Å². The molecule has 4 N–H and O–H groups in total. The summed E-state index contributed by atoms with van der Waals surface area (Å²) in [6.45, 7) is 0. The minimum Gasteiger partial charge on any atom is -0.351 e. The van der Waals surface area contributed by atoms with Gasteiger partial charge in [0.15, 0.2) is 0 Å². The van der Waals surface area contributed by atoms with Gasteiger partial charge in [0.05, 0.1) is 11.4 Å². The molecule has 37 heavy (non-hydrogen) atoms. The number of nitrogens with zero attached hydrogens (tertiary/aromatic N) is 1. The largest absolute Gasteiger partial charge is 0.351 e. The quantitative estimate of drug-likeness (QED) is 0.388. The zero-order valence-corrected chi connectivity index (χ0v) is 22.6. The van der Waals surface area contributed by atoms with Gasteiger partial charge in [-0.1, -0.05) is 0 Å². The first-order chi connectivity index (χ1) is 17.7. The second-order valence-corrected chi connectivity index (χ2v) is 12.0. The summed E-state index contributed by atoms with van der Waals surface area (Å²) in [6, 6.07) is 8.85. The predicted molar refractivity (Wildman–Crippen MR) is 144 cm³/mol. The zero-order chi connectivity index (χ0) is 26.0. The average molecular weight is 587 g/mol. The molecule has 6 rings (SSSR count). The third-order valence-corrected chi connectivity index (χ3v) is 9.00. The molecule has 4 amide bonds. The number of fused-ring (bicyclic) bond motifs is 4. The molecule has 11 heteroatoms. The Morgan fingerprint density at radius 1 is 0.946 bits per heavy atom. The molecule has 2 heterocycles. The molecule has 4 aliphatic rings. The number of carbonyl (C=O) groups excluding carboxylic acids is 4. The summed E-state index contributed by atoms with van der Waals surface area (Å²) in [5.74, 6) is 0.282. The maximum absolute atomic E-state index is 13.1. The lowest BCUT2D eigenvalue weighted by molar-refractivity contribution is -0.127. The summed E-state index contributed by atoms with van der Waals surface area (Å²) in [5.41, 5.74) is 0.796. The fourth-order valence-electron chi connectivity index (χ4n) is 5.33. The minimum atomic E-state index is -0.270. The van der Waals surface area contributed by atoms with Crippen LogP contribution in [-0.4, -0.2) is 45.4 Å². The Balaban J connectivity index is 1.10. The maximum Gasteiger partial charge on any atom is 0.251 e. The van der Waals surface area contributed by atoms with Gasteiger partial charge in [-0.05, 0) is 84.8 Å². The highest BCUT2D eigenvalue weighted by Gasteiger charge is 2.49.